The topological polar surface area (TPSA) is 132 Å². The summed E-state index contributed by atoms with van der Waals surface area (Å²) in [4.78, 5) is 16.3. The van der Waals surface area contributed by atoms with Crippen LogP contribution in [0.25, 0.3) is 0 Å². The summed E-state index contributed by atoms with van der Waals surface area (Å²) in [6.45, 7) is 5.13. The minimum absolute atomic E-state index is 0.0181. The maximum atomic E-state index is 13.1. The fourth-order valence-electron chi connectivity index (χ4n) is 8.21. The van der Waals surface area contributed by atoms with E-state index in [2.05, 4.69) is 54.3 Å². The fraction of sp³-hybridized carbons (Fsp3) is 0.500. The Morgan fingerprint density at radius 1 is 1.09 bits per heavy atom. The number of rotatable bonds is 10. The number of anilines is 1. The van der Waals surface area contributed by atoms with Crippen molar-refractivity contribution in [3.8, 4) is 6.07 Å². The first kappa shape index (κ1) is 32.5. The van der Waals surface area contributed by atoms with Crippen LogP contribution in [0.15, 0.2) is 75.2 Å². The molecule has 1 unspecified atom stereocenters. The van der Waals surface area contributed by atoms with E-state index in [-0.39, 0.29) is 27.7 Å². The summed E-state index contributed by atoms with van der Waals surface area (Å²) >= 11 is 3.30. The summed E-state index contributed by atoms with van der Waals surface area (Å²) in [5.74, 6) is 1.02. The molecule has 1 amide bonds. The molecular formula is C34H41BrN6O4S. The number of amides is 1. The Bertz CT molecular complexity index is 1680. The first-order valence-corrected chi connectivity index (χ1v) is 18.3. The van der Waals surface area contributed by atoms with Gasteiger partial charge in [-0.05, 0) is 102 Å². The molecule has 244 valence electrons. The van der Waals surface area contributed by atoms with E-state index in [1.54, 1.807) is 25.4 Å². The van der Waals surface area contributed by atoms with Crippen molar-refractivity contribution in [3.05, 3.63) is 70.8 Å². The zero-order valence-corrected chi connectivity index (χ0v) is 28.5. The highest BCUT2D eigenvalue weighted by Crippen LogP contribution is 2.52. The molecular weight excluding hydrogens is 668 g/mol. The zero-order valence-electron chi connectivity index (χ0n) is 26.1. The van der Waals surface area contributed by atoms with Crippen LogP contribution in [-0.4, -0.2) is 73.6 Å². The number of benzene rings is 2. The Labute approximate surface area is 279 Å². The molecule has 3 fully saturated rings. The Balaban J connectivity index is 1.06. The number of hydrogen-bond acceptors (Lipinski definition) is 7. The molecule has 6 rings (SSSR count). The van der Waals surface area contributed by atoms with Gasteiger partial charge in [0.05, 0.1) is 20.9 Å². The van der Waals surface area contributed by atoms with Crippen LogP contribution in [0.5, 0.6) is 0 Å². The van der Waals surface area contributed by atoms with Gasteiger partial charge in [-0.1, -0.05) is 36.8 Å². The van der Waals surface area contributed by atoms with Gasteiger partial charge in [-0.3, -0.25) is 4.68 Å². The predicted molar refractivity (Wildman–Crippen MR) is 178 cm³/mol. The van der Waals surface area contributed by atoms with Crippen LogP contribution in [0.1, 0.15) is 37.7 Å². The third-order valence-electron chi connectivity index (χ3n) is 10.4. The number of nitriles is 1. The van der Waals surface area contributed by atoms with Crippen LogP contribution in [0.4, 0.5) is 10.5 Å². The normalized spacial score (nSPS) is 22.6. The number of aryl methyl sites for hydroxylation is 1. The summed E-state index contributed by atoms with van der Waals surface area (Å²) in [6.07, 6.45) is 5.41. The van der Waals surface area contributed by atoms with E-state index >= 15 is 0 Å². The van der Waals surface area contributed by atoms with E-state index < -0.39 is 21.3 Å². The van der Waals surface area contributed by atoms with E-state index in [0.29, 0.717) is 16.9 Å². The van der Waals surface area contributed by atoms with E-state index in [4.69, 9.17) is 0 Å². The molecule has 3 atom stereocenters. The first-order valence-electron chi connectivity index (χ1n) is 16.1. The van der Waals surface area contributed by atoms with Gasteiger partial charge in [0.2, 0.25) is 9.84 Å². The van der Waals surface area contributed by atoms with Crippen LogP contribution >= 0.6 is 15.9 Å². The minimum atomic E-state index is -3.71. The molecule has 46 heavy (non-hydrogen) atoms. The van der Waals surface area contributed by atoms with Gasteiger partial charge in [-0.25, -0.2) is 13.2 Å². The number of hydrogen-bond donors (Lipinski definition) is 2. The third-order valence-corrected chi connectivity index (χ3v) is 13.0. The highest BCUT2D eigenvalue weighted by molar-refractivity contribution is 9.10. The van der Waals surface area contributed by atoms with Crippen molar-refractivity contribution in [1.82, 2.24) is 20.0 Å². The fourth-order valence-corrected chi connectivity index (χ4v) is 10.5. The second-order valence-electron chi connectivity index (χ2n) is 13.1. The highest BCUT2D eigenvalue weighted by Gasteiger charge is 2.52. The molecule has 2 N–H and O–H groups in total. The molecule has 2 saturated heterocycles. The third kappa shape index (κ3) is 6.29. The number of likely N-dealkylation sites (tertiary alicyclic amines) is 1. The number of carbonyl (C=O) groups is 1. The Kier molecular flexibility index (Phi) is 9.46. The van der Waals surface area contributed by atoms with Crippen LogP contribution in [-0.2, 0) is 22.3 Å². The lowest BCUT2D eigenvalue weighted by atomic mass is 9.58. The maximum Gasteiger partial charge on any atom is 0.404 e. The number of aromatic nitrogens is 2. The van der Waals surface area contributed by atoms with Crippen molar-refractivity contribution in [2.45, 2.75) is 47.4 Å². The molecule has 0 spiro atoms. The minimum Gasteiger partial charge on any atom is -0.465 e. The molecule has 3 heterocycles. The molecule has 2 aromatic carbocycles. The standard InChI is InChI=1S/C34H41BrN6O4S/c1-39-22-31(35)32(38-39)46(44,45)29-12-10-28(11-13-29)41-20-24(21-41)19-40-16-14-27(15-17-40)34(23-36,26-7-3-2-4-8-26)30-9-5-6-25(30)18-37-33(42)43/h2-4,7-8,10-13,22,24-25,27,30,37H,5-6,9,14-21H2,1H3,(H,42,43)/t25-,30-,34?/m0/s1. The van der Waals surface area contributed by atoms with Crippen molar-refractivity contribution in [2.75, 3.05) is 44.2 Å². The molecule has 12 heteroatoms. The van der Waals surface area contributed by atoms with Crippen LogP contribution in [0.2, 0.25) is 0 Å². The Morgan fingerprint density at radius 3 is 2.39 bits per heavy atom. The number of piperidine rings is 1. The molecule has 0 radical (unpaired) electrons. The average Bonchev–Trinajstić information content (AvgIpc) is 3.65. The first-order chi connectivity index (χ1) is 22.1. The Hall–Kier alpha value is -3.40. The summed E-state index contributed by atoms with van der Waals surface area (Å²) in [6, 6.07) is 20.1. The van der Waals surface area contributed by atoms with Gasteiger partial charge in [0, 0.05) is 51.0 Å². The number of sulfone groups is 1. The van der Waals surface area contributed by atoms with Crippen molar-refractivity contribution in [3.63, 3.8) is 0 Å². The van der Waals surface area contributed by atoms with E-state index in [9.17, 15) is 23.6 Å². The van der Waals surface area contributed by atoms with Gasteiger partial charge < -0.3 is 20.2 Å². The lowest BCUT2D eigenvalue weighted by molar-refractivity contribution is 0.0903. The second kappa shape index (κ2) is 13.4. The van der Waals surface area contributed by atoms with Crippen molar-refractivity contribution in [2.24, 2.45) is 30.7 Å². The van der Waals surface area contributed by atoms with E-state index in [0.717, 1.165) is 76.1 Å². The quantitative estimate of drug-likeness (QED) is 0.290. The molecule has 1 aromatic heterocycles. The van der Waals surface area contributed by atoms with Gasteiger partial charge in [-0.2, -0.15) is 10.4 Å². The molecule has 3 aromatic rings. The summed E-state index contributed by atoms with van der Waals surface area (Å²) in [5, 5.41) is 26.9. The highest BCUT2D eigenvalue weighted by atomic mass is 79.9. The smallest absolute Gasteiger partial charge is 0.404 e. The molecule has 1 aliphatic carbocycles. The van der Waals surface area contributed by atoms with Gasteiger partial charge >= 0.3 is 6.09 Å². The lowest BCUT2D eigenvalue weighted by Gasteiger charge is -2.48. The van der Waals surface area contributed by atoms with Gasteiger partial charge in [0.1, 0.15) is 0 Å². The molecule has 10 nitrogen and oxygen atoms in total. The predicted octanol–water partition coefficient (Wildman–Crippen LogP) is 5.31. The van der Waals surface area contributed by atoms with Crippen molar-refractivity contribution >= 4 is 37.5 Å². The van der Waals surface area contributed by atoms with E-state index in [1.165, 1.54) is 4.68 Å². The van der Waals surface area contributed by atoms with E-state index in [1.807, 2.05) is 30.3 Å². The molecule has 3 aliphatic rings. The largest absolute Gasteiger partial charge is 0.465 e. The Morgan fingerprint density at radius 2 is 1.78 bits per heavy atom. The number of nitrogens with one attached hydrogen (secondary N) is 1. The SMILES string of the molecule is Cn1cc(Br)c(S(=O)(=O)c2ccc(N3CC(CN4CCC(C(C#N)(c5ccccc5)[C@H]5CCC[C@H]5CNC(=O)O)CC4)C3)cc2)n1. The van der Waals surface area contributed by atoms with Gasteiger partial charge in [0.25, 0.3) is 0 Å². The zero-order chi connectivity index (χ0) is 32.5. The summed E-state index contributed by atoms with van der Waals surface area (Å²) in [7, 11) is -2.02. The van der Waals surface area contributed by atoms with Crippen LogP contribution in [0.3, 0.4) is 0 Å². The lowest BCUT2D eigenvalue weighted by Crippen LogP contribution is -2.54. The molecule has 1 saturated carbocycles. The summed E-state index contributed by atoms with van der Waals surface area (Å²) in [5.41, 5.74) is 1.46. The monoisotopic (exact) mass is 708 g/mol. The van der Waals surface area contributed by atoms with Gasteiger partial charge in [-0.15, -0.1) is 0 Å². The van der Waals surface area contributed by atoms with Crippen molar-refractivity contribution in [1.29, 1.82) is 5.26 Å². The second-order valence-corrected chi connectivity index (χ2v) is 15.8. The summed E-state index contributed by atoms with van der Waals surface area (Å²) < 4.78 is 28.1. The average molecular weight is 710 g/mol. The number of nitrogens with zero attached hydrogens (tertiary/aromatic N) is 5. The molecule has 0 bridgehead atoms. The molecule has 2 aliphatic heterocycles. The van der Waals surface area contributed by atoms with Crippen molar-refractivity contribution < 1.29 is 18.3 Å². The number of carboxylic acid groups (broad SMARTS) is 1. The maximum absolute atomic E-state index is 13.1. The number of halogens is 1. The van der Waals surface area contributed by atoms with Crippen LogP contribution in [0, 0.1) is 35.0 Å². The van der Waals surface area contributed by atoms with Crippen LogP contribution < -0.4 is 10.2 Å². The van der Waals surface area contributed by atoms with Gasteiger partial charge in [0.15, 0.2) is 5.03 Å².